The van der Waals surface area contributed by atoms with Crippen LogP contribution in [0.2, 0.25) is 0 Å². The molecule has 176 valence electrons. The van der Waals surface area contributed by atoms with Crippen LogP contribution < -0.4 is 4.90 Å². The predicted octanol–water partition coefficient (Wildman–Crippen LogP) is 3.22. The minimum absolute atomic E-state index is 0.0496. The third-order valence-corrected chi connectivity index (χ3v) is 6.25. The molecule has 3 heterocycles. The molecule has 1 aromatic carbocycles. The highest BCUT2D eigenvalue weighted by Crippen LogP contribution is 2.28. The lowest BCUT2D eigenvalue weighted by atomic mass is 10.1. The zero-order valence-electron chi connectivity index (χ0n) is 18.8. The van der Waals surface area contributed by atoms with E-state index in [1.807, 2.05) is 17.0 Å². The molecule has 34 heavy (non-hydrogen) atoms. The Morgan fingerprint density at radius 2 is 1.82 bits per heavy atom. The van der Waals surface area contributed by atoms with Crippen LogP contribution in [0.3, 0.4) is 0 Å². The summed E-state index contributed by atoms with van der Waals surface area (Å²) in [6.45, 7) is 2.63. The van der Waals surface area contributed by atoms with Gasteiger partial charge in [0.25, 0.3) is 5.91 Å². The van der Waals surface area contributed by atoms with Crippen molar-refractivity contribution in [1.82, 2.24) is 20.0 Å². The second-order valence-corrected chi connectivity index (χ2v) is 8.65. The molecule has 5 rings (SSSR count). The molecule has 9 heteroatoms. The summed E-state index contributed by atoms with van der Waals surface area (Å²) in [5, 5.41) is 8.66. The molecular weight excluding hydrogens is 437 g/mol. The molecule has 0 radical (unpaired) electrons. The molecule has 0 atom stereocenters. The maximum absolute atomic E-state index is 13.2. The Bertz CT molecular complexity index is 1130. The number of rotatable bonds is 6. The average Bonchev–Trinajstić information content (AvgIpc) is 3.61. The molecule has 0 N–H and O–H groups in total. The molecule has 1 saturated carbocycles. The molecule has 1 aliphatic carbocycles. The van der Waals surface area contributed by atoms with Gasteiger partial charge in [-0.05, 0) is 67.8 Å². The number of hydrogen-bond acceptors (Lipinski definition) is 6. The molecular formula is C25H26FN5O3. The number of benzene rings is 1. The van der Waals surface area contributed by atoms with Crippen LogP contribution in [0.25, 0.3) is 11.3 Å². The summed E-state index contributed by atoms with van der Waals surface area (Å²) in [4.78, 5) is 31.4. The Morgan fingerprint density at radius 3 is 2.50 bits per heavy atom. The summed E-state index contributed by atoms with van der Waals surface area (Å²) < 4.78 is 18.4. The number of furan rings is 1. The van der Waals surface area contributed by atoms with E-state index in [4.69, 9.17) is 4.42 Å². The summed E-state index contributed by atoms with van der Waals surface area (Å²) in [5.41, 5.74) is 1.48. The van der Waals surface area contributed by atoms with E-state index >= 15 is 0 Å². The van der Waals surface area contributed by atoms with Crippen LogP contribution in [-0.2, 0) is 4.79 Å². The number of nitrogens with zero attached hydrogens (tertiary/aromatic N) is 5. The van der Waals surface area contributed by atoms with Crippen molar-refractivity contribution in [2.75, 3.05) is 37.6 Å². The normalized spacial score (nSPS) is 16.3. The topological polar surface area (TPSA) is 82.8 Å². The maximum Gasteiger partial charge on any atom is 0.290 e. The Hall–Kier alpha value is -3.75. The van der Waals surface area contributed by atoms with Crippen molar-refractivity contribution in [2.45, 2.75) is 25.3 Å². The Morgan fingerprint density at radius 1 is 1.00 bits per heavy atom. The summed E-state index contributed by atoms with van der Waals surface area (Å²) >= 11 is 0. The number of aromatic nitrogens is 2. The molecule has 2 aromatic heterocycles. The lowest BCUT2D eigenvalue weighted by Crippen LogP contribution is -2.45. The van der Waals surface area contributed by atoms with Crippen molar-refractivity contribution in [3.8, 4) is 11.3 Å². The van der Waals surface area contributed by atoms with E-state index in [-0.39, 0.29) is 36.0 Å². The van der Waals surface area contributed by atoms with Crippen molar-refractivity contribution in [3.05, 3.63) is 66.4 Å². The second kappa shape index (κ2) is 9.62. The van der Waals surface area contributed by atoms with Gasteiger partial charge in [-0.1, -0.05) is 0 Å². The largest absolute Gasteiger partial charge is 0.459 e. The van der Waals surface area contributed by atoms with Gasteiger partial charge in [0.2, 0.25) is 5.91 Å². The Balaban J connectivity index is 1.20. The zero-order chi connectivity index (χ0) is 23.5. The summed E-state index contributed by atoms with van der Waals surface area (Å²) in [6.07, 6.45) is 4.10. The number of carbonyl (C=O) groups excluding carboxylic acids is 2. The van der Waals surface area contributed by atoms with Gasteiger partial charge in [0.15, 0.2) is 11.6 Å². The second-order valence-electron chi connectivity index (χ2n) is 8.65. The SMILES string of the molecule is O=C(CN(C(=O)c1ccco1)C1CC1)N1CCCN(c2ccc(-c3ccc(F)cc3)nn2)CC1. The fourth-order valence-electron chi connectivity index (χ4n) is 4.20. The fraction of sp³-hybridized carbons (Fsp3) is 0.360. The van der Waals surface area contributed by atoms with Crippen LogP contribution in [-0.4, -0.2) is 70.6 Å². The smallest absolute Gasteiger partial charge is 0.290 e. The number of anilines is 1. The highest BCUT2D eigenvalue weighted by Gasteiger charge is 2.36. The molecule has 2 fully saturated rings. The van der Waals surface area contributed by atoms with E-state index in [2.05, 4.69) is 15.1 Å². The molecule has 0 spiro atoms. The van der Waals surface area contributed by atoms with E-state index < -0.39 is 0 Å². The lowest BCUT2D eigenvalue weighted by molar-refractivity contribution is -0.131. The number of amides is 2. The number of hydrogen-bond donors (Lipinski definition) is 0. The monoisotopic (exact) mass is 463 g/mol. The van der Waals surface area contributed by atoms with Crippen molar-refractivity contribution in [3.63, 3.8) is 0 Å². The first kappa shape index (κ1) is 22.1. The number of halogens is 1. The molecule has 0 bridgehead atoms. The first-order chi connectivity index (χ1) is 16.6. The van der Waals surface area contributed by atoms with E-state index in [1.165, 1.54) is 18.4 Å². The van der Waals surface area contributed by atoms with Crippen molar-refractivity contribution >= 4 is 17.6 Å². The Labute approximate surface area is 197 Å². The zero-order valence-corrected chi connectivity index (χ0v) is 18.8. The van der Waals surface area contributed by atoms with E-state index in [1.54, 1.807) is 29.2 Å². The van der Waals surface area contributed by atoms with E-state index in [9.17, 15) is 14.0 Å². The minimum Gasteiger partial charge on any atom is -0.459 e. The van der Waals surface area contributed by atoms with E-state index in [0.717, 1.165) is 37.2 Å². The van der Waals surface area contributed by atoms with Crippen molar-refractivity contribution in [2.24, 2.45) is 0 Å². The van der Waals surface area contributed by atoms with Gasteiger partial charge in [-0.15, -0.1) is 10.2 Å². The molecule has 2 amide bonds. The maximum atomic E-state index is 13.2. The van der Waals surface area contributed by atoms with Gasteiger partial charge in [0.05, 0.1) is 12.0 Å². The van der Waals surface area contributed by atoms with Gasteiger partial charge in [-0.2, -0.15) is 0 Å². The van der Waals surface area contributed by atoms with Crippen LogP contribution in [0.15, 0.2) is 59.2 Å². The van der Waals surface area contributed by atoms with Gasteiger partial charge in [0.1, 0.15) is 12.4 Å². The minimum atomic E-state index is -0.289. The van der Waals surface area contributed by atoms with E-state index in [0.29, 0.717) is 25.3 Å². The summed E-state index contributed by atoms with van der Waals surface area (Å²) in [7, 11) is 0. The molecule has 1 saturated heterocycles. The molecule has 2 aliphatic rings. The molecule has 1 aliphatic heterocycles. The Kier molecular flexibility index (Phi) is 6.24. The standard InChI is InChI=1S/C25H26FN5O3/c26-19-6-4-18(5-7-19)21-10-11-23(28-27-21)29-12-2-13-30(15-14-29)24(32)17-31(20-8-9-20)25(33)22-3-1-16-34-22/h1,3-7,10-11,16,20H,2,8-9,12-15,17H2. The predicted molar refractivity (Wildman–Crippen MR) is 124 cm³/mol. The van der Waals surface area contributed by atoms with Gasteiger partial charge >= 0.3 is 0 Å². The fourth-order valence-corrected chi connectivity index (χ4v) is 4.20. The molecule has 8 nitrogen and oxygen atoms in total. The van der Waals surface area contributed by atoms with Gasteiger partial charge < -0.3 is 19.1 Å². The van der Waals surface area contributed by atoms with Crippen LogP contribution in [0, 0.1) is 5.82 Å². The van der Waals surface area contributed by atoms with Gasteiger partial charge in [-0.3, -0.25) is 9.59 Å². The van der Waals surface area contributed by atoms with Crippen LogP contribution in [0.1, 0.15) is 29.8 Å². The van der Waals surface area contributed by atoms with Crippen molar-refractivity contribution < 1.29 is 18.4 Å². The summed E-state index contributed by atoms with van der Waals surface area (Å²) in [5.74, 6) is 0.444. The first-order valence-corrected chi connectivity index (χ1v) is 11.6. The van der Waals surface area contributed by atoms with Gasteiger partial charge in [-0.25, -0.2) is 4.39 Å². The average molecular weight is 464 g/mol. The first-order valence-electron chi connectivity index (χ1n) is 11.6. The molecule has 0 unspecified atom stereocenters. The molecule has 3 aromatic rings. The van der Waals surface area contributed by atoms with Crippen LogP contribution >= 0.6 is 0 Å². The van der Waals surface area contributed by atoms with Crippen molar-refractivity contribution in [1.29, 1.82) is 0 Å². The highest BCUT2D eigenvalue weighted by atomic mass is 19.1. The summed E-state index contributed by atoms with van der Waals surface area (Å²) in [6, 6.07) is 13.4. The van der Waals surface area contributed by atoms with Gasteiger partial charge in [0, 0.05) is 37.8 Å². The lowest BCUT2D eigenvalue weighted by Gasteiger charge is -2.26. The highest BCUT2D eigenvalue weighted by molar-refractivity contribution is 5.94. The van der Waals surface area contributed by atoms with Crippen LogP contribution in [0.4, 0.5) is 10.2 Å². The third kappa shape index (κ3) is 4.93. The number of carbonyl (C=O) groups is 2. The third-order valence-electron chi connectivity index (χ3n) is 6.25. The quantitative estimate of drug-likeness (QED) is 0.558. The van der Waals surface area contributed by atoms with Crippen LogP contribution in [0.5, 0.6) is 0 Å².